The molecule has 0 aliphatic carbocycles. The summed E-state index contributed by atoms with van der Waals surface area (Å²) in [7, 11) is 0. The molecule has 2 aromatic carbocycles. The van der Waals surface area contributed by atoms with E-state index in [2.05, 4.69) is 32.2 Å². The van der Waals surface area contributed by atoms with Gasteiger partial charge in [0.05, 0.1) is 10.6 Å². The number of aromatic nitrogens is 2. The van der Waals surface area contributed by atoms with E-state index >= 15 is 0 Å². The maximum atomic E-state index is 12.3. The quantitative estimate of drug-likeness (QED) is 0.456. The Balaban J connectivity index is 1.75. The minimum Gasteiger partial charge on any atom is -0.393 e. The molecule has 0 atom stereocenters. The van der Waals surface area contributed by atoms with Crippen molar-refractivity contribution in [1.29, 1.82) is 0 Å². The zero-order valence-electron chi connectivity index (χ0n) is 15.2. The molecular formula is C19H18Cl2N6O. The number of anilines is 4. The number of hydrogen-bond donors (Lipinski definition) is 4. The fourth-order valence-corrected chi connectivity index (χ4v) is 3.03. The predicted octanol–water partition coefficient (Wildman–Crippen LogP) is 4.48. The summed E-state index contributed by atoms with van der Waals surface area (Å²) in [6.07, 6.45) is 1.34. The van der Waals surface area contributed by atoms with E-state index in [0.29, 0.717) is 10.8 Å². The van der Waals surface area contributed by atoms with Gasteiger partial charge in [-0.05, 0) is 43.7 Å². The molecule has 0 aliphatic heterocycles. The first-order valence-electron chi connectivity index (χ1n) is 8.31. The van der Waals surface area contributed by atoms with E-state index < -0.39 is 5.91 Å². The fraction of sp³-hybridized carbons (Fsp3) is 0.105. The number of carbonyl (C=O) groups excluding carboxylic acids is 1. The molecule has 0 aliphatic rings. The number of rotatable bonds is 5. The van der Waals surface area contributed by atoms with Crippen LogP contribution in [0.3, 0.4) is 0 Å². The number of hydrazine groups is 1. The summed E-state index contributed by atoms with van der Waals surface area (Å²) in [6, 6.07) is 10.6. The molecule has 0 saturated heterocycles. The van der Waals surface area contributed by atoms with Crippen LogP contribution >= 0.6 is 23.2 Å². The lowest BCUT2D eigenvalue weighted by atomic mass is 10.1. The van der Waals surface area contributed by atoms with Crippen LogP contribution in [-0.4, -0.2) is 15.9 Å². The molecule has 144 valence electrons. The first kappa shape index (κ1) is 19.7. The van der Waals surface area contributed by atoms with Crippen molar-refractivity contribution < 1.29 is 4.79 Å². The van der Waals surface area contributed by atoms with Gasteiger partial charge in [-0.25, -0.2) is 9.97 Å². The first-order valence-corrected chi connectivity index (χ1v) is 9.07. The highest BCUT2D eigenvalue weighted by Gasteiger charge is 2.13. The highest BCUT2D eigenvalue weighted by atomic mass is 35.5. The number of halogens is 2. The molecule has 1 aromatic heterocycles. The average molecular weight is 417 g/mol. The van der Waals surface area contributed by atoms with E-state index in [9.17, 15) is 4.79 Å². The Bertz CT molecular complexity index is 1040. The summed E-state index contributed by atoms with van der Waals surface area (Å²) in [5.41, 5.74) is 15.0. The number of nitrogens with zero attached hydrogens (tertiary/aromatic N) is 2. The molecule has 1 heterocycles. The van der Waals surface area contributed by atoms with Crippen molar-refractivity contribution in [3.05, 3.63) is 69.5 Å². The summed E-state index contributed by atoms with van der Waals surface area (Å²) in [4.78, 5) is 20.5. The van der Waals surface area contributed by atoms with Crippen LogP contribution in [0.25, 0.3) is 0 Å². The number of nitrogens with one attached hydrogen (secondary N) is 3. The zero-order chi connectivity index (χ0) is 20.3. The van der Waals surface area contributed by atoms with Crippen LogP contribution in [-0.2, 0) is 0 Å². The molecule has 1 amide bonds. The van der Waals surface area contributed by atoms with Crippen LogP contribution in [0.2, 0.25) is 10.0 Å². The van der Waals surface area contributed by atoms with Gasteiger partial charge in [0.15, 0.2) is 11.6 Å². The Kier molecular flexibility index (Phi) is 5.87. The van der Waals surface area contributed by atoms with Crippen molar-refractivity contribution in [3.63, 3.8) is 0 Å². The van der Waals surface area contributed by atoms with E-state index in [-0.39, 0.29) is 22.1 Å². The summed E-state index contributed by atoms with van der Waals surface area (Å²) in [5.74, 6) is 0.215. The molecule has 0 unspecified atom stereocenters. The third kappa shape index (κ3) is 4.44. The van der Waals surface area contributed by atoms with Gasteiger partial charge in [-0.15, -0.1) is 0 Å². The maximum absolute atomic E-state index is 12.3. The van der Waals surface area contributed by atoms with Gasteiger partial charge in [0, 0.05) is 10.7 Å². The van der Waals surface area contributed by atoms with Gasteiger partial charge in [-0.1, -0.05) is 40.9 Å². The molecule has 0 spiro atoms. The molecule has 9 heteroatoms. The SMILES string of the molecule is Cc1ccc(Nc2ncnc(NNC(=O)c3ccc(Cl)cc3Cl)c2N)c(C)c1. The van der Waals surface area contributed by atoms with Crippen LogP contribution in [0.5, 0.6) is 0 Å². The number of nitrogens with two attached hydrogens (primary N) is 1. The van der Waals surface area contributed by atoms with Crippen molar-refractivity contribution >= 4 is 52.1 Å². The third-order valence-corrected chi connectivity index (χ3v) is 4.54. The van der Waals surface area contributed by atoms with Crippen molar-refractivity contribution in [2.45, 2.75) is 13.8 Å². The van der Waals surface area contributed by atoms with Gasteiger partial charge in [-0.2, -0.15) is 0 Å². The van der Waals surface area contributed by atoms with Gasteiger partial charge in [0.25, 0.3) is 5.91 Å². The van der Waals surface area contributed by atoms with Gasteiger partial charge in [0.2, 0.25) is 0 Å². The molecule has 5 N–H and O–H groups in total. The molecule has 3 aromatic rings. The number of hydrogen-bond acceptors (Lipinski definition) is 6. The number of benzene rings is 2. The molecule has 7 nitrogen and oxygen atoms in total. The molecule has 0 radical (unpaired) electrons. The van der Waals surface area contributed by atoms with Gasteiger partial charge >= 0.3 is 0 Å². The normalized spacial score (nSPS) is 10.4. The Labute approximate surface area is 172 Å². The Morgan fingerprint density at radius 1 is 1.04 bits per heavy atom. The van der Waals surface area contributed by atoms with Gasteiger partial charge < -0.3 is 11.1 Å². The lowest BCUT2D eigenvalue weighted by Crippen LogP contribution is -2.30. The van der Waals surface area contributed by atoms with Crippen LogP contribution in [0.15, 0.2) is 42.7 Å². The number of aryl methyl sites for hydroxylation is 2. The first-order chi connectivity index (χ1) is 13.3. The summed E-state index contributed by atoms with van der Waals surface area (Å²) in [5, 5.41) is 3.86. The van der Waals surface area contributed by atoms with E-state index in [1.54, 1.807) is 6.07 Å². The fourth-order valence-electron chi connectivity index (χ4n) is 2.53. The topological polar surface area (TPSA) is 105 Å². The summed E-state index contributed by atoms with van der Waals surface area (Å²) < 4.78 is 0. The van der Waals surface area contributed by atoms with Crippen molar-refractivity contribution in [2.75, 3.05) is 16.5 Å². The zero-order valence-corrected chi connectivity index (χ0v) is 16.7. The lowest BCUT2D eigenvalue weighted by Gasteiger charge is -2.14. The minimum absolute atomic E-state index is 0.236. The third-order valence-electron chi connectivity index (χ3n) is 3.99. The van der Waals surface area contributed by atoms with Crippen LogP contribution in [0.1, 0.15) is 21.5 Å². The molecule has 3 rings (SSSR count). The van der Waals surface area contributed by atoms with E-state index in [1.165, 1.54) is 18.5 Å². The standard InChI is InChI=1S/C19H18Cl2N6O/c1-10-3-6-15(11(2)7-10)25-17-16(22)18(24-9-23-17)26-27-19(28)13-5-4-12(20)8-14(13)21/h3-9H,22H2,1-2H3,(H,27,28)(H2,23,24,25,26). The molecule has 0 saturated carbocycles. The molecular weight excluding hydrogens is 399 g/mol. The summed E-state index contributed by atoms with van der Waals surface area (Å²) in [6.45, 7) is 4.01. The summed E-state index contributed by atoms with van der Waals surface area (Å²) >= 11 is 11.9. The van der Waals surface area contributed by atoms with E-state index in [1.807, 2.05) is 26.0 Å². The number of nitrogen functional groups attached to an aromatic ring is 1. The van der Waals surface area contributed by atoms with Crippen LogP contribution in [0.4, 0.5) is 23.0 Å². The number of amides is 1. The highest BCUT2D eigenvalue weighted by molar-refractivity contribution is 6.36. The van der Waals surface area contributed by atoms with E-state index in [0.717, 1.165) is 16.8 Å². The van der Waals surface area contributed by atoms with Gasteiger partial charge in [0.1, 0.15) is 12.0 Å². The van der Waals surface area contributed by atoms with Gasteiger partial charge in [-0.3, -0.25) is 15.6 Å². The predicted molar refractivity (Wildman–Crippen MR) is 113 cm³/mol. The van der Waals surface area contributed by atoms with Crippen LogP contribution in [0, 0.1) is 13.8 Å². The largest absolute Gasteiger partial charge is 0.393 e. The second-order valence-corrected chi connectivity index (χ2v) is 6.97. The molecule has 28 heavy (non-hydrogen) atoms. The van der Waals surface area contributed by atoms with Crippen molar-refractivity contribution in [2.24, 2.45) is 0 Å². The second-order valence-electron chi connectivity index (χ2n) is 6.13. The van der Waals surface area contributed by atoms with Crippen molar-refractivity contribution in [3.8, 4) is 0 Å². The Morgan fingerprint density at radius 3 is 2.50 bits per heavy atom. The Morgan fingerprint density at radius 2 is 1.79 bits per heavy atom. The monoisotopic (exact) mass is 416 g/mol. The lowest BCUT2D eigenvalue weighted by molar-refractivity contribution is 0.0962. The van der Waals surface area contributed by atoms with Crippen molar-refractivity contribution in [1.82, 2.24) is 15.4 Å². The molecule has 0 fully saturated rings. The van der Waals surface area contributed by atoms with E-state index in [4.69, 9.17) is 28.9 Å². The highest BCUT2D eigenvalue weighted by Crippen LogP contribution is 2.27. The Hall–Kier alpha value is -3.03. The van der Waals surface area contributed by atoms with Crippen LogP contribution < -0.4 is 21.9 Å². The minimum atomic E-state index is -0.455. The molecule has 0 bridgehead atoms. The number of carbonyl (C=O) groups is 1. The maximum Gasteiger partial charge on any atom is 0.271 e. The second kappa shape index (κ2) is 8.33. The smallest absolute Gasteiger partial charge is 0.271 e. The average Bonchev–Trinajstić information content (AvgIpc) is 2.64.